The van der Waals surface area contributed by atoms with Gasteiger partial charge in [-0.25, -0.2) is 8.42 Å². The van der Waals surface area contributed by atoms with E-state index in [1.54, 1.807) is 34.8 Å². The highest BCUT2D eigenvalue weighted by molar-refractivity contribution is 7.89. The molecule has 7 rings (SSSR count). The normalized spacial score (nSPS) is 25.8. The van der Waals surface area contributed by atoms with E-state index in [0.29, 0.717) is 49.5 Å². The molecule has 0 bridgehead atoms. The lowest BCUT2D eigenvalue weighted by Gasteiger charge is -2.59. The van der Waals surface area contributed by atoms with Crippen LogP contribution in [-0.4, -0.2) is 110 Å². The summed E-state index contributed by atoms with van der Waals surface area (Å²) in [6.45, 7) is 12.3. The second-order valence-corrected chi connectivity index (χ2v) is 17.7. The van der Waals surface area contributed by atoms with Crippen LogP contribution in [0.15, 0.2) is 89.1 Å². The lowest BCUT2D eigenvalue weighted by molar-refractivity contribution is -0.251. The minimum atomic E-state index is -4.23. The van der Waals surface area contributed by atoms with Crippen LogP contribution in [0, 0.1) is 17.8 Å². The molecule has 6 atom stereocenters. The Kier molecular flexibility index (Phi) is 13.9. The number of para-hydroxylation sites is 1. The van der Waals surface area contributed by atoms with E-state index in [4.69, 9.17) is 24.2 Å². The predicted molar refractivity (Wildman–Crippen MR) is 224 cm³/mol. The van der Waals surface area contributed by atoms with Crippen molar-refractivity contribution < 1.29 is 37.7 Å². The number of unbranched alkanes of at least 4 members (excludes halogenated alkanes) is 2. The fraction of sp³-hybridized carbons (Fsp3) is 0.556. The van der Waals surface area contributed by atoms with E-state index in [1.165, 1.54) is 0 Å². The Balaban J connectivity index is 1.45. The van der Waals surface area contributed by atoms with E-state index < -0.39 is 27.8 Å². The molecule has 0 spiro atoms. The summed E-state index contributed by atoms with van der Waals surface area (Å²) in [6, 6.07) is 14.1. The van der Waals surface area contributed by atoms with Crippen molar-refractivity contribution in [3.63, 3.8) is 0 Å². The van der Waals surface area contributed by atoms with Crippen LogP contribution in [0.1, 0.15) is 76.7 Å². The number of hydrogen-bond acceptors (Lipinski definition) is 11. The van der Waals surface area contributed by atoms with Crippen LogP contribution in [0.5, 0.6) is 11.5 Å². The number of aliphatic hydroxyl groups is 2. The molecule has 1 saturated carbocycles. The Labute approximate surface area is 343 Å². The van der Waals surface area contributed by atoms with Crippen LogP contribution >= 0.6 is 0 Å². The minimum absolute atomic E-state index is 0.0618. The zero-order chi connectivity index (χ0) is 40.7. The second-order valence-electron chi connectivity index (χ2n) is 15.8. The number of hydrogen-bond donors (Lipinski definition) is 2. The maximum atomic E-state index is 15.4. The van der Waals surface area contributed by atoms with Gasteiger partial charge in [0.2, 0.25) is 15.8 Å². The molecule has 2 N–H and O–H groups in total. The summed E-state index contributed by atoms with van der Waals surface area (Å²) in [6.07, 6.45) is 11.0. The molecule has 314 valence electrons. The first kappa shape index (κ1) is 42.3. The van der Waals surface area contributed by atoms with Crippen molar-refractivity contribution in [1.82, 2.24) is 14.2 Å². The SMILES string of the molecule is C=CCO[C@@]12Oc3ccc(OCCN4CC4)cc3[C@H]3[C@H](CCCCO)[C@@H](CCCCO)C=C(C(=NOCC)C[C@@H]1N(CCC)S(=O)(=O)c1cccc4cccnc14)[C@H]32. The quantitative estimate of drug-likeness (QED) is 0.0488. The van der Waals surface area contributed by atoms with Crippen molar-refractivity contribution in [2.45, 2.75) is 87.9 Å². The van der Waals surface area contributed by atoms with Crippen molar-refractivity contribution >= 4 is 26.6 Å². The van der Waals surface area contributed by atoms with Gasteiger partial charge in [-0.3, -0.25) is 9.88 Å². The van der Waals surface area contributed by atoms with Crippen molar-refractivity contribution in [2.24, 2.45) is 22.9 Å². The van der Waals surface area contributed by atoms with Crippen molar-refractivity contribution in [3.05, 3.63) is 84.6 Å². The summed E-state index contributed by atoms with van der Waals surface area (Å²) in [5.41, 5.74) is 2.99. The highest BCUT2D eigenvalue weighted by Gasteiger charge is 2.66. The predicted octanol–water partition coefficient (Wildman–Crippen LogP) is 6.68. The molecule has 0 radical (unpaired) electrons. The van der Waals surface area contributed by atoms with Crippen LogP contribution in [-0.2, 0) is 19.6 Å². The first-order valence-corrected chi connectivity index (χ1v) is 22.7. The van der Waals surface area contributed by atoms with Crippen molar-refractivity contribution in [1.29, 1.82) is 0 Å². The summed E-state index contributed by atoms with van der Waals surface area (Å²) in [7, 11) is -4.23. The van der Waals surface area contributed by atoms with Crippen LogP contribution in [0.2, 0.25) is 0 Å². The third-order valence-electron chi connectivity index (χ3n) is 12.1. The lowest BCUT2D eigenvalue weighted by atomic mass is 9.55. The van der Waals surface area contributed by atoms with Gasteiger partial charge < -0.3 is 29.3 Å². The monoisotopic (exact) mass is 816 g/mol. The maximum Gasteiger partial charge on any atom is 0.245 e. The van der Waals surface area contributed by atoms with Crippen molar-refractivity contribution in [2.75, 3.05) is 59.2 Å². The van der Waals surface area contributed by atoms with Gasteiger partial charge in [0, 0.05) is 68.9 Å². The van der Waals surface area contributed by atoms with E-state index in [0.717, 1.165) is 67.6 Å². The van der Waals surface area contributed by atoms with E-state index in [2.05, 4.69) is 28.6 Å². The smallest absolute Gasteiger partial charge is 0.245 e. The van der Waals surface area contributed by atoms with E-state index in [-0.39, 0.29) is 55.4 Å². The molecular weight excluding hydrogens is 757 g/mol. The molecular formula is C45H60N4O8S. The van der Waals surface area contributed by atoms with Crippen molar-refractivity contribution in [3.8, 4) is 11.5 Å². The van der Waals surface area contributed by atoms with Crippen LogP contribution in [0.25, 0.3) is 10.9 Å². The first-order chi connectivity index (χ1) is 28.3. The van der Waals surface area contributed by atoms with Gasteiger partial charge in [-0.05, 0) is 86.8 Å². The average molecular weight is 817 g/mol. The number of sulfonamides is 1. The van der Waals surface area contributed by atoms with Gasteiger partial charge >= 0.3 is 0 Å². The highest BCUT2D eigenvalue weighted by Crippen LogP contribution is 2.62. The molecule has 1 saturated heterocycles. The number of benzene rings is 2. The molecule has 13 heteroatoms. The molecule has 3 heterocycles. The maximum absolute atomic E-state index is 15.4. The first-order valence-electron chi connectivity index (χ1n) is 21.2. The summed E-state index contributed by atoms with van der Waals surface area (Å²) in [5.74, 6) is -0.678. The molecule has 58 heavy (non-hydrogen) atoms. The van der Waals surface area contributed by atoms with Crippen LogP contribution in [0.3, 0.4) is 0 Å². The van der Waals surface area contributed by atoms with Crippen LogP contribution < -0.4 is 9.47 Å². The summed E-state index contributed by atoms with van der Waals surface area (Å²) < 4.78 is 53.1. The molecule has 1 aromatic heterocycles. The number of rotatable bonds is 22. The zero-order valence-corrected chi connectivity index (χ0v) is 34.8. The van der Waals surface area contributed by atoms with Gasteiger partial charge in [0.1, 0.15) is 29.6 Å². The number of pyridine rings is 1. The number of fused-ring (bicyclic) bond motifs is 3. The molecule has 3 aromatic rings. The molecule has 4 aliphatic rings. The third kappa shape index (κ3) is 8.57. The van der Waals surface area contributed by atoms with Gasteiger partial charge in [-0.15, -0.1) is 6.58 Å². The minimum Gasteiger partial charge on any atom is -0.492 e. The number of nitrogens with zero attached hydrogens (tertiary/aromatic N) is 4. The second kappa shape index (κ2) is 19.0. The largest absolute Gasteiger partial charge is 0.492 e. The number of ether oxygens (including phenoxy) is 3. The van der Waals surface area contributed by atoms with E-state index in [9.17, 15) is 10.2 Å². The number of allylic oxidation sites excluding steroid dienone is 1. The fourth-order valence-corrected chi connectivity index (χ4v) is 11.4. The van der Waals surface area contributed by atoms with Crippen LogP contribution in [0.4, 0.5) is 0 Å². The topological polar surface area (TPSA) is 143 Å². The standard InChI is InChI=1S/C45H60N4O8S/c1-4-21-49(58(52,53)40-17-11-14-32-15-12-20-46-44(32)40)41-31-38(47-56-6-3)36-29-33(13-7-9-25-50)35(16-8-10-26-51)42-37-30-34(54-28-24-48-22-23-48)18-19-39(37)57-45(41,43(36)42)55-27-5-2/h5,11-12,14-15,17-20,29-30,33,35,41-43,50-51H,2,4,6-10,13,16,21-28,31H2,1,3H3/t33-,35+,41-,42+,43+,45+/m0/s1. The summed E-state index contributed by atoms with van der Waals surface area (Å²) in [5, 5.41) is 25.3. The Hall–Kier alpha value is -3.85. The molecule has 2 fully saturated rings. The molecule has 2 aliphatic carbocycles. The van der Waals surface area contributed by atoms with Gasteiger partial charge in [-0.1, -0.05) is 55.3 Å². The average Bonchev–Trinajstić information content (AvgIpc) is 4.07. The fourth-order valence-electron chi connectivity index (χ4n) is 9.52. The Morgan fingerprint density at radius 3 is 2.60 bits per heavy atom. The summed E-state index contributed by atoms with van der Waals surface area (Å²) in [4.78, 5) is 12.9. The van der Waals surface area contributed by atoms with E-state index in [1.807, 2.05) is 38.1 Å². The van der Waals surface area contributed by atoms with Gasteiger partial charge in [-0.2, -0.15) is 4.31 Å². The molecule has 2 aromatic carbocycles. The summed E-state index contributed by atoms with van der Waals surface area (Å²) >= 11 is 0. The van der Waals surface area contributed by atoms with Gasteiger partial charge in [0.15, 0.2) is 0 Å². The van der Waals surface area contributed by atoms with Gasteiger partial charge in [0.25, 0.3) is 0 Å². The third-order valence-corrected chi connectivity index (χ3v) is 14.1. The number of aromatic nitrogens is 1. The molecule has 2 aliphatic heterocycles. The van der Waals surface area contributed by atoms with E-state index >= 15 is 8.42 Å². The Morgan fingerprint density at radius 1 is 1.07 bits per heavy atom. The highest BCUT2D eigenvalue weighted by atomic mass is 32.2. The lowest BCUT2D eigenvalue weighted by Crippen LogP contribution is -2.70. The van der Waals surface area contributed by atoms with Gasteiger partial charge in [0.05, 0.1) is 29.8 Å². The molecule has 0 amide bonds. The Bertz CT molecular complexity index is 2050. The number of oxime groups is 1. The molecule has 0 unspecified atom stereocenters. The Morgan fingerprint density at radius 2 is 1.86 bits per heavy atom. The number of aliphatic hydroxyl groups excluding tert-OH is 2. The zero-order valence-electron chi connectivity index (χ0n) is 34.0. The molecule has 12 nitrogen and oxygen atoms in total.